The Hall–Kier alpha value is -3.19. The van der Waals surface area contributed by atoms with Crippen LogP contribution in [0, 0.1) is 0 Å². The van der Waals surface area contributed by atoms with Crippen molar-refractivity contribution in [1.82, 2.24) is 19.7 Å². The molecule has 1 N–H and O–H groups in total. The maximum absolute atomic E-state index is 13.5. The summed E-state index contributed by atoms with van der Waals surface area (Å²) in [5.74, 6) is -1.20. The fourth-order valence-corrected chi connectivity index (χ4v) is 4.74. The number of nitrogens with zero attached hydrogens (tertiary/aromatic N) is 3. The van der Waals surface area contributed by atoms with Crippen LogP contribution in [0.4, 0.5) is 0 Å². The Morgan fingerprint density at radius 2 is 1.63 bits per heavy atom. The Morgan fingerprint density at radius 3 is 2.20 bits per heavy atom. The lowest BCUT2D eigenvalue weighted by molar-refractivity contribution is -0.146. The van der Waals surface area contributed by atoms with Crippen molar-refractivity contribution in [2.45, 2.75) is 23.2 Å². The van der Waals surface area contributed by atoms with Crippen molar-refractivity contribution in [3.63, 3.8) is 0 Å². The second kappa shape index (κ2) is 9.11. The normalized spacial score (nSPS) is 17.7. The highest BCUT2D eigenvalue weighted by Crippen LogP contribution is 2.42. The molecule has 2 heterocycles. The molecule has 3 amide bonds. The van der Waals surface area contributed by atoms with Gasteiger partial charge in [-0.05, 0) is 29.3 Å². The monoisotopic (exact) mass is 486 g/mol. The lowest BCUT2D eigenvalue weighted by atomic mass is 9.68. The van der Waals surface area contributed by atoms with Gasteiger partial charge in [0.2, 0.25) is 11.8 Å². The van der Waals surface area contributed by atoms with Crippen LogP contribution in [-0.4, -0.2) is 92.0 Å². The molecule has 0 saturated heterocycles. The standard InChI is InChI=1S/C25H25B2ClN4O3/c1-30(2)22(33)15-11-9-14(10-12-15)21-20-17(16-7-5-6-8-18(16)29-20)13-19(23(34)31(3)4)32(21)24(35)25(26,27)28/h5-12,19,21,29H,13H2,1-4H3/t19-,21+/m1/s1. The topological polar surface area (TPSA) is 76.7 Å². The van der Waals surface area contributed by atoms with Crippen molar-refractivity contribution >= 4 is 55.9 Å². The van der Waals surface area contributed by atoms with Gasteiger partial charge >= 0.3 is 0 Å². The van der Waals surface area contributed by atoms with E-state index in [0.29, 0.717) is 11.1 Å². The van der Waals surface area contributed by atoms with Gasteiger partial charge in [-0.25, -0.2) is 0 Å². The Kier molecular flexibility index (Phi) is 6.49. The minimum Gasteiger partial charge on any atom is -0.356 e. The molecule has 0 bridgehead atoms. The van der Waals surface area contributed by atoms with Crippen LogP contribution in [0.5, 0.6) is 0 Å². The SMILES string of the molecule is [B]C([B])(Cl)C(=O)N1[C@@H](c2ccc(C(=O)N(C)C)cc2)c2[nH]c3ccccc3c2C[C@@H]1C(=O)N(C)C. The van der Waals surface area contributed by atoms with Crippen molar-refractivity contribution in [3.05, 3.63) is 70.9 Å². The lowest BCUT2D eigenvalue weighted by Gasteiger charge is -2.44. The summed E-state index contributed by atoms with van der Waals surface area (Å²) in [5, 5.41) is 0.966. The van der Waals surface area contributed by atoms with Gasteiger partial charge in [-0.2, -0.15) is 0 Å². The number of hydrogen-bond acceptors (Lipinski definition) is 3. The van der Waals surface area contributed by atoms with Gasteiger partial charge in [-0.1, -0.05) is 30.3 Å². The van der Waals surface area contributed by atoms with Crippen molar-refractivity contribution in [3.8, 4) is 0 Å². The molecule has 0 unspecified atom stereocenters. The summed E-state index contributed by atoms with van der Waals surface area (Å²) >= 11 is 6.11. The first-order valence-electron chi connectivity index (χ1n) is 11.1. The smallest absolute Gasteiger partial charge is 0.253 e. The highest BCUT2D eigenvalue weighted by atomic mass is 35.5. The van der Waals surface area contributed by atoms with Gasteiger partial charge in [-0.15, -0.1) is 11.6 Å². The van der Waals surface area contributed by atoms with Gasteiger partial charge in [0.25, 0.3) is 5.91 Å². The third-order valence-corrected chi connectivity index (χ3v) is 6.46. The van der Waals surface area contributed by atoms with Gasteiger partial charge in [0.05, 0.1) is 21.7 Å². The molecule has 2 atom stereocenters. The summed E-state index contributed by atoms with van der Waals surface area (Å²) in [6.45, 7) is 0. The molecule has 176 valence electrons. The first-order chi connectivity index (χ1) is 16.4. The number of carbonyl (C=O) groups is 3. The van der Waals surface area contributed by atoms with E-state index in [0.717, 1.165) is 22.2 Å². The molecule has 0 spiro atoms. The fourth-order valence-electron chi connectivity index (χ4n) is 4.64. The molecule has 1 aliphatic rings. The zero-order valence-corrected chi connectivity index (χ0v) is 20.8. The summed E-state index contributed by atoms with van der Waals surface area (Å²) in [5.41, 5.74) is 3.73. The minimum absolute atomic E-state index is 0.149. The maximum atomic E-state index is 13.5. The van der Waals surface area contributed by atoms with E-state index >= 15 is 0 Å². The number of alkyl halides is 1. The third kappa shape index (κ3) is 4.45. The highest BCUT2D eigenvalue weighted by Gasteiger charge is 2.46. The number of benzene rings is 2. The molecule has 35 heavy (non-hydrogen) atoms. The van der Waals surface area contributed by atoms with Crippen LogP contribution in [0.2, 0.25) is 0 Å². The number of halogens is 1. The Balaban J connectivity index is 1.96. The quantitative estimate of drug-likeness (QED) is 0.453. The molecule has 0 aliphatic carbocycles. The summed E-state index contributed by atoms with van der Waals surface area (Å²) in [7, 11) is 18.3. The van der Waals surface area contributed by atoms with E-state index in [4.69, 9.17) is 27.3 Å². The molecule has 1 aliphatic heterocycles. The number of aromatic amines is 1. The number of carbonyl (C=O) groups excluding carboxylic acids is 3. The number of fused-ring (bicyclic) bond motifs is 3. The van der Waals surface area contributed by atoms with E-state index in [1.807, 2.05) is 24.3 Å². The second-order valence-electron chi connectivity index (χ2n) is 9.22. The summed E-state index contributed by atoms with van der Waals surface area (Å²) in [4.78, 5) is 47.0. The molecule has 1 aromatic heterocycles. The minimum atomic E-state index is -2.21. The number of likely N-dealkylation sites (N-methyl/N-ethyl adjacent to an activating group) is 1. The molecule has 4 rings (SSSR count). The number of aromatic nitrogens is 1. The predicted molar refractivity (Wildman–Crippen MR) is 138 cm³/mol. The Morgan fingerprint density at radius 1 is 1.00 bits per heavy atom. The van der Waals surface area contributed by atoms with E-state index in [2.05, 4.69) is 4.98 Å². The lowest BCUT2D eigenvalue weighted by Crippen LogP contribution is -2.59. The van der Waals surface area contributed by atoms with Crippen LogP contribution in [0.3, 0.4) is 0 Å². The van der Waals surface area contributed by atoms with Crippen LogP contribution in [0.25, 0.3) is 10.9 Å². The van der Waals surface area contributed by atoms with Gasteiger partial charge in [0.15, 0.2) is 0 Å². The van der Waals surface area contributed by atoms with Gasteiger partial charge in [0, 0.05) is 61.4 Å². The molecule has 7 nitrogen and oxygen atoms in total. The van der Waals surface area contributed by atoms with Crippen molar-refractivity contribution in [2.75, 3.05) is 28.2 Å². The average molecular weight is 487 g/mol. The summed E-state index contributed by atoms with van der Waals surface area (Å²) in [6, 6.07) is 13.1. The van der Waals surface area contributed by atoms with Crippen LogP contribution >= 0.6 is 11.6 Å². The van der Waals surface area contributed by atoms with Crippen molar-refractivity contribution in [1.29, 1.82) is 0 Å². The largest absolute Gasteiger partial charge is 0.356 e. The zero-order valence-electron chi connectivity index (χ0n) is 20.1. The first kappa shape index (κ1) is 24.9. The predicted octanol–water partition coefficient (Wildman–Crippen LogP) is 2.03. The molecule has 0 fully saturated rings. The second-order valence-corrected chi connectivity index (χ2v) is 9.85. The molecule has 10 heteroatoms. The van der Waals surface area contributed by atoms with Gasteiger partial charge < -0.3 is 19.7 Å². The van der Waals surface area contributed by atoms with Crippen LogP contribution in [0.15, 0.2) is 48.5 Å². The number of H-pyrrole nitrogens is 1. The summed E-state index contributed by atoms with van der Waals surface area (Å²) in [6.07, 6.45) is 0.267. The van der Waals surface area contributed by atoms with Crippen molar-refractivity contribution in [2.24, 2.45) is 0 Å². The fraction of sp³-hybridized carbons (Fsp3) is 0.320. The van der Waals surface area contributed by atoms with Gasteiger partial charge in [-0.3, -0.25) is 14.4 Å². The zero-order chi connectivity index (χ0) is 25.7. The average Bonchev–Trinajstić information content (AvgIpc) is 3.19. The number of amides is 3. The van der Waals surface area contributed by atoms with Crippen LogP contribution in [-0.2, 0) is 16.0 Å². The van der Waals surface area contributed by atoms with Crippen LogP contribution in [0.1, 0.15) is 33.2 Å². The molecule has 3 aromatic rings. The third-order valence-electron chi connectivity index (χ3n) is 6.30. The van der Waals surface area contributed by atoms with E-state index in [1.54, 1.807) is 52.5 Å². The molecule has 0 saturated carbocycles. The Labute approximate surface area is 212 Å². The Bertz CT molecular complexity index is 1300. The number of nitrogens with one attached hydrogen (secondary N) is 1. The molecular formula is C25H25B2ClN4O3. The van der Waals surface area contributed by atoms with Crippen LogP contribution < -0.4 is 0 Å². The van der Waals surface area contributed by atoms with E-state index < -0.39 is 22.7 Å². The summed E-state index contributed by atoms with van der Waals surface area (Å²) < 4.78 is -2.21. The number of rotatable bonds is 4. The number of hydrogen-bond donors (Lipinski definition) is 1. The van der Waals surface area contributed by atoms with E-state index in [-0.39, 0.29) is 18.2 Å². The molecule has 4 radical (unpaired) electrons. The highest BCUT2D eigenvalue weighted by molar-refractivity contribution is 6.71. The maximum Gasteiger partial charge on any atom is 0.253 e. The van der Waals surface area contributed by atoms with E-state index in [1.165, 1.54) is 14.7 Å². The van der Waals surface area contributed by atoms with Gasteiger partial charge in [0.1, 0.15) is 6.04 Å². The molecule has 2 aromatic carbocycles. The van der Waals surface area contributed by atoms with Crippen molar-refractivity contribution < 1.29 is 14.4 Å². The van der Waals surface area contributed by atoms with E-state index in [9.17, 15) is 14.4 Å². The first-order valence-corrected chi connectivity index (χ1v) is 11.5. The molecular weight excluding hydrogens is 461 g/mol. The number of para-hydroxylation sites is 1.